The summed E-state index contributed by atoms with van der Waals surface area (Å²) in [6, 6.07) is 21.7. The fourth-order valence-electron chi connectivity index (χ4n) is 3.62. The molecule has 1 unspecified atom stereocenters. The highest BCUT2D eigenvalue weighted by Gasteiger charge is 2.26. The molecule has 1 saturated heterocycles. The number of rotatable bonds is 5. The lowest BCUT2D eigenvalue weighted by atomic mass is 10.0. The Morgan fingerprint density at radius 3 is 2.37 bits per heavy atom. The van der Waals surface area contributed by atoms with E-state index in [4.69, 9.17) is 4.74 Å². The van der Waals surface area contributed by atoms with Crippen LogP contribution >= 0.6 is 0 Å². The topological polar surface area (TPSA) is 58.6 Å². The van der Waals surface area contributed by atoms with Gasteiger partial charge in [0.1, 0.15) is 6.10 Å². The second kappa shape index (κ2) is 8.95. The maximum absolute atomic E-state index is 13.0. The van der Waals surface area contributed by atoms with Gasteiger partial charge >= 0.3 is 0 Å². The second-order valence-electron chi connectivity index (χ2n) is 7.70. The van der Waals surface area contributed by atoms with E-state index in [1.807, 2.05) is 78.5 Å². The molecule has 0 aliphatic carbocycles. The predicted octanol–water partition coefficient (Wildman–Crippen LogP) is 3.89. The molecule has 0 spiro atoms. The zero-order valence-electron chi connectivity index (χ0n) is 17.4. The van der Waals surface area contributed by atoms with Crippen LogP contribution in [0.4, 0.5) is 5.82 Å². The number of hydrogen-bond donors (Lipinski definition) is 0. The van der Waals surface area contributed by atoms with Gasteiger partial charge in [-0.15, -0.1) is 10.2 Å². The highest BCUT2D eigenvalue weighted by Crippen LogP contribution is 2.22. The van der Waals surface area contributed by atoms with Crippen LogP contribution < -0.4 is 9.64 Å². The summed E-state index contributed by atoms with van der Waals surface area (Å²) in [7, 11) is 3.84. The van der Waals surface area contributed by atoms with Gasteiger partial charge in [-0.1, -0.05) is 42.5 Å². The molecule has 1 amide bonds. The minimum absolute atomic E-state index is 0.0388. The van der Waals surface area contributed by atoms with Crippen molar-refractivity contribution < 1.29 is 9.53 Å². The van der Waals surface area contributed by atoms with Gasteiger partial charge in [0.25, 0.3) is 5.91 Å². The summed E-state index contributed by atoms with van der Waals surface area (Å²) in [4.78, 5) is 16.8. The van der Waals surface area contributed by atoms with Crippen molar-refractivity contribution in [3.05, 3.63) is 72.3 Å². The van der Waals surface area contributed by atoms with E-state index in [9.17, 15) is 4.79 Å². The average Bonchev–Trinajstić information content (AvgIpc) is 2.80. The summed E-state index contributed by atoms with van der Waals surface area (Å²) in [5, 5.41) is 8.29. The van der Waals surface area contributed by atoms with Crippen molar-refractivity contribution in [2.45, 2.75) is 18.9 Å². The number of nitrogens with zero attached hydrogens (tertiary/aromatic N) is 4. The molecule has 4 rings (SSSR count). The molecule has 2 heterocycles. The van der Waals surface area contributed by atoms with Crippen LogP contribution in [0.25, 0.3) is 11.1 Å². The Morgan fingerprint density at radius 1 is 0.967 bits per heavy atom. The average molecular weight is 402 g/mol. The zero-order chi connectivity index (χ0) is 20.9. The first-order valence-electron chi connectivity index (χ1n) is 10.2. The Balaban J connectivity index is 1.39. The molecule has 0 radical (unpaired) electrons. The lowest BCUT2D eigenvalue weighted by molar-refractivity contribution is 0.0525. The molecular weight excluding hydrogens is 376 g/mol. The minimum Gasteiger partial charge on any atom is -0.471 e. The van der Waals surface area contributed by atoms with Crippen LogP contribution in [0.15, 0.2) is 66.7 Å². The quantitative estimate of drug-likeness (QED) is 0.648. The number of piperidine rings is 1. The van der Waals surface area contributed by atoms with Gasteiger partial charge in [-0.25, -0.2) is 0 Å². The smallest absolute Gasteiger partial charge is 0.253 e. The van der Waals surface area contributed by atoms with Gasteiger partial charge < -0.3 is 14.5 Å². The number of carbonyl (C=O) groups is 1. The highest BCUT2D eigenvalue weighted by molar-refractivity contribution is 5.94. The maximum atomic E-state index is 13.0. The summed E-state index contributed by atoms with van der Waals surface area (Å²) in [5.41, 5.74) is 2.95. The Bertz CT molecular complexity index is 972. The third-order valence-electron chi connectivity index (χ3n) is 5.28. The fourth-order valence-corrected chi connectivity index (χ4v) is 3.62. The van der Waals surface area contributed by atoms with E-state index in [2.05, 4.69) is 22.3 Å². The number of carbonyl (C=O) groups excluding carboxylic acids is 1. The molecular formula is C24H26N4O2. The molecule has 154 valence electrons. The first-order chi connectivity index (χ1) is 14.6. The van der Waals surface area contributed by atoms with E-state index in [0.717, 1.165) is 36.3 Å². The number of amides is 1. The largest absolute Gasteiger partial charge is 0.471 e. The molecule has 6 nitrogen and oxygen atoms in total. The molecule has 1 fully saturated rings. The summed E-state index contributed by atoms with van der Waals surface area (Å²) >= 11 is 0. The van der Waals surface area contributed by atoms with E-state index in [0.29, 0.717) is 18.0 Å². The number of likely N-dealkylation sites (tertiary alicyclic amines) is 1. The van der Waals surface area contributed by atoms with Crippen molar-refractivity contribution in [2.75, 3.05) is 32.1 Å². The lowest BCUT2D eigenvalue weighted by Crippen LogP contribution is -2.44. The van der Waals surface area contributed by atoms with Crippen LogP contribution in [-0.2, 0) is 0 Å². The van der Waals surface area contributed by atoms with Gasteiger partial charge in [0.2, 0.25) is 5.88 Å². The van der Waals surface area contributed by atoms with E-state index < -0.39 is 0 Å². The number of aromatic nitrogens is 2. The molecule has 6 heteroatoms. The molecule has 0 saturated carbocycles. The summed E-state index contributed by atoms with van der Waals surface area (Å²) in [5.74, 6) is 1.31. The molecule has 30 heavy (non-hydrogen) atoms. The molecule has 0 bridgehead atoms. The van der Waals surface area contributed by atoms with Gasteiger partial charge in [-0.3, -0.25) is 4.79 Å². The monoisotopic (exact) mass is 402 g/mol. The van der Waals surface area contributed by atoms with E-state index in [1.165, 1.54) is 0 Å². The van der Waals surface area contributed by atoms with Gasteiger partial charge in [0, 0.05) is 32.3 Å². The zero-order valence-corrected chi connectivity index (χ0v) is 17.4. The van der Waals surface area contributed by atoms with Crippen molar-refractivity contribution in [1.29, 1.82) is 0 Å². The Kier molecular flexibility index (Phi) is 5.93. The SMILES string of the molecule is CN(C)c1ccc(OC2CCCN(C(=O)c3ccc(-c4ccccc4)cc3)C2)nn1. The van der Waals surface area contributed by atoms with Crippen molar-refractivity contribution in [3.63, 3.8) is 0 Å². The maximum Gasteiger partial charge on any atom is 0.253 e. The minimum atomic E-state index is -0.0780. The third-order valence-corrected chi connectivity index (χ3v) is 5.28. The van der Waals surface area contributed by atoms with E-state index >= 15 is 0 Å². The predicted molar refractivity (Wildman–Crippen MR) is 118 cm³/mol. The van der Waals surface area contributed by atoms with Gasteiger partial charge in [0.15, 0.2) is 5.82 Å². The van der Waals surface area contributed by atoms with Gasteiger partial charge in [-0.05, 0) is 42.2 Å². The van der Waals surface area contributed by atoms with Crippen molar-refractivity contribution >= 4 is 11.7 Å². The number of anilines is 1. The molecule has 2 aromatic carbocycles. The van der Waals surface area contributed by atoms with Crippen molar-refractivity contribution in [2.24, 2.45) is 0 Å². The van der Waals surface area contributed by atoms with Crippen LogP contribution in [0, 0.1) is 0 Å². The van der Waals surface area contributed by atoms with Crippen LogP contribution in [0.2, 0.25) is 0 Å². The number of hydrogen-bond acceptors (Lipinski definition) is 5. The molecule has 0 N–H and O–H groups in total. The summed E-state index contributed by atoms with van der Waals surface area (Å²) < 4.78 is 6.00. The Labute approximate surface area is 177 Å². The van der Waals surface area contributed by atoms with Crippen LogP contribution in [0.1, 0.15) is 23.2 Å². The first kappa shape index (κ1) is 19.9. The third kappa shape index (κ3) is 4.59. The van der Waals surface area contributed by atoms with E-state index in [1.54, 1.807) is 0 Å². The molecule has 1 aromatic heterocycles. The van der Waals surface area contributed by atoms with Crippen molar-refractivity contribution in [3.8, 4) is 17.0 Å². The molecule has 1 aliphatic rings. The first-order valence-corrected chi connectivity index (χ1v) is 10.2. The lowest BCUT2D eigenvalue weighted by Gasteiger charge is -2.32. The summed E-state index contributed by atoms with van der Waals surface area (Å²) in [6.07, 6.45) is 1.72. The van der Waals surface area contributed by atoms with Gasteiger partial charge in [0.05, 0.1) is 6.54 Å². The Morgan fingerprint density at radius 2 is 1.70 bits per heavy atom. The number of benzene rings is 2. The van der Waals surface area contributed by atoms with Crippen LogP contribution in [0.5, 0.6) is 5.88 Å². The normalized spacial score (nSPS) is 16.2. The molecule has 3 aromatic rings. The summed E-state index contributed by atoms with van der Waals surface area (Å²) in [6.45, 7) is 1.29. The van der Waals surface area contributed by atoms with Gasteiger partial charge in [-0.2, -0.15) is 0 Å². The standard InChI is InChI=1S/C24H26N4O2/c1-27(2)22-14-15-23(26-25-22)30-21-9-6-16-28(17-21)24(29)20-12-10-19(11-13-20)18-7-4-3-5-8-18/h3-5,7-8,10-15,21H,6,9,16-17H2,1-2H3. The Hall–Kier alpha value is -3.41. The highest BCUT2D eigenvalue weighted by atomic mass is 16.5. The number of ether oxygens (including phenoxy) is 1. The van der Waals surface area contributed by atoms with Crippen LogP contribution in [-0.4, -0.2) is 54.3 Å². The fraction of sp³-hybridized carbons (Fsp3) is 0.292. The second-order valence-corrected chi connectivity index (χ2v) is 7.70. The van der Waals surface area contributed by atoms with Crippen molar-refractivity contribution in [1.82, 2.24) is 15.1 Å². The van der Waals surface area contributed by atoms with Crippen LogP contribution in [0.3, 0.4) is 0 Å². The van der Waals surface area contributed by atoms with E-state index in [-0.39, 0.29) is 12.0 Å². The molecule has 1 atom stereocenters. The molecule has 1 aliphatic heterocycles.